The molecule has 0 saturated carbocycles. The number of benzene rings is 2. The molecule has 124 valence electrons. The smallest absolute Gasteiger partial charge is 0.340 e. The number of carbonyl (C=O) groups is 3. The molecule has 8 heteroatoms. The lowest BCUT2D eigenvalue weighted by molar-refractivity contribution is -0.119. The average Bonchev–Trinajstić information content (AvgIpc) is 2.53. The molecule has 24 heavy (non-hydrogen) atoms. The maximum atomic E-state index is 11.9. The van der Waals surface area contributed by atoms with Crippen molar-refractivity contribution in [2.24, 2.45) is 5.73 Å². The highest BCUT2D eigenvalue weighted by atomic mass is 35.5. The highest BCUT2D eigenvalue weighted by molar-refractivity contribution is 6.31. The van der Waals surface area contributed by atoms with Crippen LogP contribution in [-0.4, -0.2) is 24.4 Å². The maximum absolute atomic E-state index is 11.9. The van der Waals surface area contributed by atoms with Crippen molar-refractivity contribution >= 4 is 40.8 Å². The summed E-state index contributed by atoms with van der Waals surface area (Å²) in [6, 6.07) is 10.3. The highest BCUT2D eigenvalue weighted by Gasteiger charge is 2.13. The van der Waals surface area contributed by atoms with Crippen LogP contribution in [0.25, 0.3) is 0 Å². The summed E-state index contributed by atoms with van der Waals surface area (Å²) in [5.74, 6) is -1.84. The molecular formula is C16H14ClN3O4. The fraction of sp³-hybridized carbons (Fsp3) is 0.0625. The standard InChI is InChI=1S/C16H14ClN3O4/c17-10-3-6-12(13(18)7-10)16(23)24-8-14(21)20-11-4-1-9(2-5-11)15(19)22/h1-7H,8,18H2,(H2,19,22)(H,20,21). The largest absolute Gasteiger partial charge is 0.452 e. The molecule has 0 radical (unpaired) electrons. The van der Waals surface area contributed by atoms with Crippen LogP contribution in [-0.2, 0) is 9.53 Å². The molecular weight excluding hydrogens is 334 g/mol. The molecule has 2 aromatic carbocycles. The molecule has 0 unspecified atom stereocenters. The van der Waals surface area contributed by atoms with E-state index in [1.807, 2.05) is 0 Å². The quantitative estimate of drug-likeness (QED) is 0.562. The van der Waals surface area contributed by atoms with Crippen molar-refractivity contribution in [1.29, 1.82) is 0 Å². The van der Waals surface area contributed by atoms with Crippen LogP contribution in [0.4, 0.5) is 11.4 Å². The molecule has 0 aromatic heterocycles. The SMILES string of the molecule is NC(=O)c1ccc(NC(=O)COC(=O)c2ccc(Cl)cc2N)cc1. The summed E-state index contributed by atoms with van der Waals surface area (Å²) in [5, 5.41) is 2.91. The lowest BCUT2D eigenvalue weighted by Crippen LogP contribution is -2.21. The number of amides is 2. The highest BCUT2D eigenvalue weighted by Crippen LogP contribution is 2.18. The fourth-order valence-electron chi connectivity index (χ4n) is 1.84. The predicted octanol–water partition coefficient (Wildman–Crippen LogP) is 1.82. The summed E-state index contributed by atoms with van der Waals surface area (Å²) >= 11 is 5.74. The fourth-order valence-corrected chi connectivity index (χ4v) is 2.02. The van der Waals surface area contributed by atoms with Gasteiger partial charge in [-0.15, -0.1) is 0 Å². The summed E-state index contributed by atoms with van der Waals surface area (Å²) in [4.78, 5) is 34.6. The first kappa shape index (κ1) is 17.3. The molecule has 0 aliphatic carbocycles. The van der Waals surface area contributed by atoms with Gasteiger partial charge in [-0.05, 0) is 42.5 Å². The van der Waals surface area contributed by atoms with Crippen LogP contribution < -0.4 is 16.8 Å². The van der Waals surface area contributed by atoms with E-state index < -0.39 is 24.4 Å². The number of rotatable bonds is 5. The van der Waals surface area contributed by atoms with E-state index in [1.165, 1.54) is 42.5 Å². The minimum atomic E-state index is -0.733. The van der Waals surface area contributed by atoms with Gasteiger partial charge >= 0.3 is 5.97 Å². The number of nitrogens with two attached hydrogens (primary N) is 2. The van der Waals surface area contributed by atoms with Crippen molar-refractivity contribution in [2.45, 2.75) is 0 Å². The van der Waals surface area contributed by atoms with E-state index in [4.69, 9.17) is 27.8 Å². The number of anilines is 2. The lowest BCUT2D eigenvalue weighted by atomic mass is 10.2. The molecule has 2 aromatic rings. The molecule has 0 spiro atoms. The Bertz CT molecular complexity index is 790. The van der Waals surface area contributed by atoms with Gasteiger partial charge in [-0.3, -0.25) is 9.59 Å². The third kappa shape index (κ3) is 4.47. The number of primary amides is 1. The number of nitrogens with one attached hydrogen (secondary N) is 1. The zero-order chi connectivity index (χ0) is 17.7. The zero-order valence-electron chi connectivity index (χ0n) is 12.4. The van der Waals surface area contributed by atoms with Gasteiger partial charge in [0.2, 0.25) is 5.91 Å². The van der Waals surface area contributed by atoms with Crippen LogP contribution in [0.2, 0.25) is 5.02 Å². The molecule has 2 amide bonds. The molecule has 0 aliphatic heterocycles. The Morgan fingerprint density at radius 3 is 2.33 bits per heavy atom. The second kappa shape index (κ2) is 7.47. The van der Waals surface area contributed by atoms with E-state index in [-0.39, 0.29) is 11.3 Å². The Morgan fingerprint density at radius 1 is 1.08 bits per heavy atom. The van der Waals surface area contributed by atoms with Crippen molar-refractivity contribution in [2.75, 3.05) is 17.7 Å². The van der Waals surface area contributed by atoms with Crippen molar-refractivity contribution in [1.82, 2.24) is 0 Å². The molecule has 0 atom stereocenters. The van der Waals surface area contributed by atoms with E-state index in [0.29, 0.717) is 16.3 Å². The lowest BCUT2D eigenvalue weighted by Gasteiger charge is -2.08. The molecule has 2 rings (SSSR count). The monoisotopic (exact) mass is 347 g/mol. The average molecular weight is 348 g/mol. The molecule has 0 heterocycles. The Kier molecular flexibility index (Phi) is 5.39. The van der Waals surface area contributed by atoms with Gasteiger partial charge in [0.15, 0.2) is 6.61 Å². The van der Waals surface area contributed by atoms with Gasteiger partial charge in [-0.1, -0.05) is 11.6 Å². The number of hydrogen-bond acceptors (Lipinski definition) is 5. The van der Waals surface area contributed by atoms with Gasteiger partial charge in [0.25, 0.3) is 5.91 Å². The number of esters is 1. The van der Waals surface area contributed by atoms with Crippen LogP contribution in [0.5, 0.6) is 0 Å². The van der Waals surface area contributed by atoms with E-state index in [2.05, 4.69) is 5.32 Å². The summed E-state index contributed by atoms with van der Waals surface area (Å²) in [5.41, 5.74) is 11.8. The molecule has 7 nitrogen and oxygen atoms in total. The van der Waals surface area contributed by atoms with Crippen LogP contribution in [0.1, 0.15) is 20.7 Å². The van der Waals surface area contributed by atoms with Gasteiger partial charge in [0.05, 0.1) is 5.56 Å². The second-order valence-electron chi connectivity index (χ2n) is 4.80. The Morgan fingerprint density at radius 2 is 1.75 bits per heavy atom. The van der Waals surface area contributed by atoms with Crippen molar-refractivity contribution in [3.63, 3.8) is 0 Å². The van der Waals surface area contributed by atoms with Gasteiger partial charge in [-0.25, -0.2) is 4.79 Å². The van der Waals surface area contributed by atoms with Crippen molar-refractivity contribution in [3.05, 3.63) is 58.6 Å². The number of carbonyl (C=O) groups excluding carboxylic acids is 3. The first-order valence-corrected chi connectivity index (χ1v) is 7.16. The minimum Gasteiger partial charge on any atom is -0.452 e. The van der Waals surface area contributed by atoms with E-state index in [1.54, 1.807) is 0 Å². The van der Waals surface area contributed by atoms with Gasteiger partial charge in [0, 0.05) is 22.0 Å². The number of nitrogen functional groups attached to an aromatic ring is 1. The number of ether oxygens (including phenoxy) is 1. The summed E-state index contributed by atoms with van der Waals surface area (Å²) in [6.07, 6.45) is 0. The van der Waals surface area contributed by atoms with E-state index in [0.717, 1.165) is 0 Å². The van der Waals surface area contributed by atoms with Crippen LogP contribution >= 0.6 is 11.6 Å². The van der Waals surface area contributed by atoms with Gasteiger partial charge < -0.3 is 21.5 Å². The molecule has 0 fully saturated rings. The summed E-state index contributed by atoms with van der Waals surface area (Å²) in [7, 11) is 0. The predicted molar refractivity (Wildman–Crippen MR) is 89.7 cm³/mol. The van der Waals surface area contributed by atoms with Crippen LogP contribution in [0.3, 0.4) is 0 Å². The maximum Gasteiger partial charge on any atom is 0.340 e. The zero-order valence-corrected chi connectivity index (χ0v) is 13.2. The Labute approximate surface area is 142 Å². The van der Waals surface area contributed by atoms with Gasteiger partial charge in [0.1, 0.15) is 0 Å². The summed E-state index contributed by atoms with van der Waals surface area (Å²) < 4.78 is 4.90. The summed E-state index contributed by atoms with van der Waals surface area (Å²) in [6.45, 7) is -0.488. The molecule has 0 bridgehead atoms. The third-order valence-electron chi connectivity index (χ3n) is 3.02. The first-order valence-electron chi connectivity index (χ1n) is 6.78. The molecule has 0 saturated heterocycles. The number of hydrogen-bond donors (Lipinski definition) is 3. The van der Waals surface area contributed by atoms with E-state index >= 15 is 0 Å². The minimum absolute atomic E-state index is 0.123. The Hall–Kier alpha value is -3.06. The first-order chi connectivity index (χ1) is 11.4. The Balaban J connectivity index is 1.90. The van der Waals surface area contributed by atoms with Crippen molar-refractivity contribution in [3.8, 4) is 0 Å². The second-order valence-corrected chi connectivity index (χ2v) is 5.23. The number of halogens is 1. The molecule has 5 N–H and O–H groups in total. The van der Waals surface area contributed by atoms with Crippen LogP contribution in [0.15, 0.2) is 42.5 Å². The van der Waals surface area contributed by atoms with E-state index in [9.17, 15) is 14.4 Å². The van der Waals surface area contributed by atoms with Gasteiger partial charge in [-0.2, -0.15) is 0 Å². The topological polar surface area (TPSA) is 125 Å². The third-order valence-corrected chi connectivity index (χ3v) is 3.26. The normalized spacial score (nSPS) is 10.0. The van der Waals surface area contributed by atoms with Crippen LogP contribution in [0, 0.1) is 0 Å². The molecule has 0 aliphatic rings. The van der Waals surface area contributed by atoms with Crippen molar-refractivity contribution < 1.29 is 19.1 Å².